The van der Waals surface area contributed by atoms with E-state index in [9.17, 15) is 9.59 Å². The van der Waals surface area contributed by atoms with Crippen molar-refractivity contribution in [1.82, 2.24) is 20.0 Å². The van der Waals surface area contributed by atoms with Crippen LogP contribution in [0, 0.1) is 12.8 Å². The maximum atomic E-state index is 13.6. The fourth-order valence-electron chi connectivity index (χ4n) is 5.72. The number of benzene rings is 3. The second-order valence-electron chi connectivity index (χ2n) is 10.6. The van der Waals surface area contributed by atoms with E-state index >= 15 is 0 Å². The lowest BCUT2D eigenvalue weighted by molar-refractivity contribution is -0.139. The number of amides is 3. The molecule has 2 aliphatic heterocycles. The minimum Gasteiger partial charge on any atom is -0.340 e. The number of piperidine rings is 1. The summed E-state index contributed by atoms with van der Waals surface area (Å²) < 4.78 is 0. The number of rotatable bonds is 6. The third-order valence-electron chi connectivity index (χ3n) is 7.84. The molecule has 0 spiro atoms. The van der Waals surface area contributed by atoms with Crippen molar-refractivity contribution in [3.63, 3.8) is 0 Å². The minimum absolute atomic E-state index is 0.0301. The predicted octanol–water partition coefficient (Wildman–Crippen LogP) is 5.00. The first-order valence-corrected chi connectivity index (χ1v) is 13.8. The highest BCUT2D eigenvalue weighted by atomic mass is 16.2. The van der Waals surface area contributed by atoms with E-state index in [4.69, 9.17) is 0 Å². The van der Waals surface area contributed by atoms with Crippen molar-refractivity contribution in [3.8, 4) is 0 Å². The Morgan fingerprint density at radius 3 is 2.18 bits per heavy atom. The molecule has 2 atom stereocenters. The Morgan fingerprint density at radius 2 is 1.50 bits per heavy atom. The van der Waals surface area contributed by atoms with Gasteiger partial charge in [-0.1, -0.05) is 90.5 Å². The van der Waals surface area contributed by atoms with Crippen molar-refractivity contribution in [2.24, 2.45) is 5.92 Å². The average molecular weight is 511 g/mol. The summed E-state index contributed by atoms with van der Waals surface area (Å²) in [5.41, 5.74) is 4.68. The monoisotopic (exact) mass is 510 g/mol. The number of piperazine rings is 1. The van der Waals surface area contributed by atoms with Crippen molar-refractivity contribution >= 4 is 11.9 Å². The van der Waals surface area contributed by atoms with Crippen molar-refractivity contribution in [2.45, 2.75) is 38.9 Å². The molecule has 2 fully saturated rings. The highest BCUT2D eigenvalue weighted by Crippen LogP contribution is 2.35. The number of aryl methyl sites for hydroxylation is 1. The molecule has 2 saturated heterocycles. The highest BCUT2D eigenvalue weighted by molar-refractivity contribution is 5.81. The van der Waals surface area contributed by atoms with E-state index in [2.05, 4.69) is 65.7 Å². The Hall–Kier alpha value is -3.64. The van der Waals surface area contributed by atoms with Crippen LogP contribution in [0.2, 0.25) is 0 Å². The van der Waals surface area contributed by atoms with E-state index in [1.165, 1.54) is 11.1 Å². The molecule has 6 nitrogen and oxygen atoms in total. The van der Waals surface area contributed by atoms with Gasteiger partial charge in [-0.05, 0) is 36.5 Å². The molecule has 0 bridgehead atoms. The molecule has 0 saturated carbocycles. The number of hydrogen-bond donors (Lipinski definition) is 1. The van der Waals surface area contributed by atoms with Gasteiger partial charge < -0.3 is 15.1 Å². The van der Waals surface area contributed by atoms with Gasteiger partial charge in [0.2, 0.25) is 5.91 Å². The molecular weight excluding hydrogens is 472 g/mol. The van der Waals surface area contributed by atoms with Crippen molar-refractivity contribution in [2.75, 3.05) is 32.7 Å². The van der Waals surface area contributed by atoms with Crippen LogP contribution in [-0.2, 0) is 17.9 Å². The summed E-state index contributed by atoms with van der Waals surface area (Å²) in [5, 5.41) is 3.11. The third-order valence-corrected chi connectivity index (χ3v) is 7.84. The highest BCUT2D eigenvalue weighted by Gasteiger charge is 2.37. The van der Waals surface area contributed by atoms with Crippen LogP contribution in [0.5, 0.6) is 0 Å². The lowest BCUT2D eigenvalue weighted by Crippen LogP contribution is -2.54. The summed E-state index contributed by atoms with van der Waals surface area (Å²) in [6, 6.07) is 28.7. The van der Waals surface area contributed by atoms with Crippen molar-refractivity contribution in [1.29, 1.82) is 0 Å². The van der Waals surface area contributed by atoms with Gasteiger partial charge in [0.25, 0.3) is 0 Å². The molecule has 2 heterocycles. The molecule has 0 radical (unpaired) electrons. The summed E-state index contributed by atoms with van der Waals surface area (Å²) in [6.07, 6.45) is 1.58. The molecule has 6 heteroatoms. The van der Waals surface area contributed by atoms with Gasteiger partial charge in [0, 0.05) is 45.8 Å². The normalized spacial score (nSPS) is 20.2. The quantitative estimate of drug-likeness (QED) is 0.508. The Morgan fingerprint density at radius 1 is 0.816 bits per heavy atom. The molecule has 3 amide bonds. The van der Waals surface area contributed by atoms with Crippen LogP contribution in [0.25, 0.3) is 0 Å². The average Bonchev–Trinajstić information content (AvgIpc) is 2.97. The molecule has 2 aliphatic rings. The standard InChI is InChI=1S/C32H38N4O2/c1-25-9-8-14-28(21-25)30-16-15-29(24-36(30)32(38)33-22-26-10-4-2-5-11-26)31(37)35-19-17-34(18-20-35)23-27-12-6-3-7-13-27/h2-14,21,29-30H,15-20,22-24H2,1H3,(H,33,38). The van der Waals surface area contributed by atoms with Crippen LogP contribution in [0.3, 0.4) is 0 Å². The van der Waals surface area contributed by atoms with E-state index in [0.29, 0.717) is 13.1 Å². The van der Waals surface area contributed by atoms with Crippen LogP contribution >= 0.6 is 0 Å². The van der Waals surface area contributed by atoms with Crippen LogP contribution in [0.1, 0.15) is 41.1 Å². The fourth-order valence-corrected chi connectivity index (χ4v) is 5.72. The first-order chi connectivity index (χ1) is 18.6. The summed E-state index contributed by atoms with van der Waals surface area (Å²) in [7, 11) is 0. The topological polar surface area (TPSA) is 55.9 Å². The largest absolute Gasteiger partial charge is 0.340 e. The number of carbonyl (C=O) groups is 2. The van der Waals surface area contributed by atoms with E-state index in [1.807, 2.05) is 46.2 Å². The molecule has 2 unspecified atom stereocenters. The van der Waals surface area contributed by atoms with Gasteiger partial charge in [-0.25, -0.2) is 4.79 Å². The molecule has 3 aromatic carbocycles. The van der Waals surface area contributed by atoms with E-state index in [0.717, 1.165) is 56.7 Å². The number of carbonyl (C=O) groups excluding carboxylic acids is 2. The van der Waals surface area contributed by atoms with E-state index in [-0.39, 0.29) is 23.9 Å². The number of nitrogens with zero attached hydrogens (tertiary/aromatic N) is 3. The number of urea groups is 1. The lowest BCUT2D eigenvalue weighted by Gasteiger charge is -2.42. The Balaban J connectivity index is 1.23. The van der Waals surface area contributed by atoms with Crippen LogP contribution in [-0.4, -0.2) is 59.4 Å². The van der Waals surface area contributed by atoms with Gasteiger partial charge in [-0.2, -0.15) is 0 Å². The Labute approximate surface area is 226 Å². The molecule has 38 heavy (non-hydrogen) atoms. The first kappa shape index (κ1) is 26.0. The number of likely N-dealkylation sites (tertiary alicyclic amines) is 1. The maximum absolute atomic E-state index is 13.6. The zero-order valence-electron chi connectivity index (χ0n) is 22.3. The first-order valence-electron chi connectivity index (χ1n) is 13.8. The zero-order chi connectivity index (χ0) is 26.3. The van der Waals surface area contributed by atoms with Gasteiger partial charge in [0.05, 0.1) is 12.0 Å². The molecule has 1 N–H and O–H groups in total. The fraction of sp³-hybridized carbons (Fsp3) is 0.375. The number of hydrogen-bond acceptors (Lipinski definition) is 3. The summed E-state index contributed by atoms with van der Waals surface area (Å²) >= 11 is 0. The van der Waals surface area contributed by atoms with Crippen LogP contribution in [0.15, 0.2) is 84.9 Å². The van der Waals surface area contributed by atoms with Gasteiger partial charge in [0.1, 0.15) is 0 Å². The van der Waals surface area contributed by atoms with Gasteiger partial charge in [-0.3, -0.25) is 9.69 Å². The van der Waals surface area contributed by atoms with Gasteiger partial charge in [-0.15, -0.1) is 0 Å². The molecular formula is C32H38N4O2. The van der Waals surface area contributed by atoms with E-state index < -0.39 is 0 Å². The van der Waals surface area contributed by atoms with Gasteiger partial charge >= 0.3 is 6.03 Å². The summed E-state index contributed by atoms with van der Waals surface area (Å²) in [4.78, 5) is 33.4. The summed E-state index contributed by atoms with van der Waals surface area (Å²) in [5.74, 6) is 0.0205. The molecule has 0 aliphatic carbocycles. The molecule has 0 aromatic heterocycles. The molecule has 198 valence electrons. The second kappa shape index (κ2) is 12.3. The third kappa shape index (κ3) is 6.43. The summed E-state index contributed by atoms with van der Waals surface area (Å²) in [6.45, 7) is 7.14. The molecule has 3 aromatic rings. The Bertz CT molecular complexity index is 1210. The maximum Gasteiger partial charge on any atom is 0.318 e. The number of nitrogens with one attached hydrogen (secondary N) is 1. The minimum atomic E-state index is -0.167. The SMILES string of the molecule is Cc1cccc(C2CCC(C(=O)N3CCN(Cc4ccccc4)CC3)CN2C(=O)NCc2ccccc2)c1. The smallest absolute Gasteiger partial charge is 0.318 e. The van der Waals surface area contributed by atoms with Crippen LogP contribution < -0.4 is 5.32 Å². The second-order valence-corrected chi connectivity index (χ2v) is 10.6. The van der Waals surface area contributed by atoms with Crippen molar-refractivity contribution < 1.29 is 9.59 Å². The van der Waals surface area contributed by atoms with Gasteiger partial charge in [0.15, 0.2) is 0 Å². The predicted molar refractivity (Wildman–Crippen MR) is 150 cm³/mol. The molecule has 5 rings (SSSR count). The van der Waals surface area contributed by atoms with Crippen molar-refractivity contribution in [3.05, 3.63) is 107 Å². The lowest BCUT2D eigenvalue weighted by atomic mass is 9.87. The zero-order valence-corrected chi connectivity index (χ0v) is 22.3. The van der Waals surface area contributed by atoms with Crippen LogP contribution in [0.4, 0.5) is 4.79 Å². The van der Waals surface area contributed by atoms with E-state index in [1.54, 1.807) is 0 Å². The Kier molecular flexibility index (Phi) is 8.39.